The summed E-state index contributed by atoms with van der Waals surface area (Å²) in [5.74, 6) is -0.485. The van der Waals surface area contributed by atoms with E-state index in [1.165, 1.54) is 0 Å². The van der Waals surface area contributed by atoms with Crippen LogP contribution in [0.1, 0.15) is 11.1 Å². The van der Waals surface area contributed by atoms with E-state index in [-0.39, 0.29) is 12.8 Å². The van der Waals surface area contributed by atoms with E-state index in [1.807, 2.05) is 0 Å². The molecule has 15 heavy (non-hydrogen) atoms. The Hall–Kier alpha value is -1.55. The molecule has 2 rings (SSSR count). The maximum Gasteiger partial charge on any atom is 0.336 e. The third-order valence-electron chi connectivity index (χ3n) is 2.78. The molecule has 0 unspecified atom stereocenters. The van der Waals surface area contributed by atoms with E-state index in [4.69, 9.17) is 9.84 Å². The number of carboxylic acid groups (broad SMARTS) is 1. The van der Waals surface area contributed by atoms with Gasteiger partial charge in [0.05, 0.1) is 7.11 Å². The summed E-state index contributed by atoms with van der Waals surface area (Å²) in [5, 5.41) is 18.7. The number of rotatable bonds is 2. The molecule has 1 aromatic rings. The molecule has 0 bridgehead atoms. The van der Waals surface area contributed by atoms with Gasteiger partial charge in [-0.25, -0.2) is 4.79 Å². The molecular formula is C11H12O4. The maximum atomic E-state index is 10.9. The minimum atomic E-state index is -1.64. The van der Waals surface area contributed by atoms with Crippen molar-refractivity contribution in [1.29, 1.82) is 0 Å². The number of carboxylic acids is 1. The lowest BCUT2D eigenvalue weighted by Crippen LogP contribution is -2.39. The van der Waals surface area contributed by atoms with Crippen LogP contribution in [0.2, 0.25) is 0 Å². The highest BCUT2D eigenvalue weighted by Gasteiger charge is 2.42. The van der Waals surface area contributed by atoms with Crippen LogP contribution < -0.4 is 4.74 Å². The van der Waals surface area contributed by atoms with E-state index in [9.17, 15) is 9.90 Å². The lowest BCUT2D eigenvalue weighted by atomic mass is 10.0. The van der Waals surface area contributed by atoms with Gasteiger partial charge in [0.25, 0.3) is 0 Å². The van der Waals surface area contributed by atoms with Crippen molar-refractivity contribution in [2.24, 2.45) is 0 Å². The molecule has 1 aliphatic rings. The monoisotopic (exact) mass is 208 g/mol. The number of fused-ring (bicyclic) bond motifs is 1. The molecule has 1 atom stereocenters. The Bertz CT molecular complexity index is 413. The molecule has 0 saturated heterocycles. The molecule has 1 aromatic carbocycles. The summed E-state index contributed by atoms with van der Waals surface area (Å²) in [7, 11) is 1.56. The third kappa shape index (κ3) is 1.57. The zero-order chi connectivity index (χ0) is 11.1. The van der Waals surface area contributed by atoms with Crippen molar-refractivity contribution in [3.8, 4) is 5.75 Å². The summed E-state index contributed by atoms with van der Waals surface area (Å²) < 4.78 is 5.04. The molecule has 0 fully saturated rings. The van der Waals surface area contributed by atoms with E-state index in [0.717, 1.165) is 11.1 Å². The Morgan fingerprint density at radius 2 is 2.07 bits per heavy atom. The van der Waals surface area contributed by atoms with E-state index >= 15 is 0 Å². The Labute approximate surface area is 87.1 Å². The summed E-state index contributed by atoms with van der Waals surface area (Å²) in [6.07, 6.45) is 0.316. The Morgan fingerprint density at radius 3 is 2.67 bits per heavy atom. The highest BCUT2D eigenvalue weighted by molar-refractivity contribution is 5.79. The first-order chi connectivity index (χ1) is 7.05. The van der Waals surface area contributed by atoms with Crippen LogP contribution in [0.25, 0.3) is 0 Å². The second-order valence-corrected chi connectivity index (χ2v) is 3.82. The summed E-state index contributed by atoms with van der Waals surface area (Å²) in [6, 6.07) is 5.34. The average molecular weight is 208 g/mol. The summed E-state index contributed by atoms with van der Waals surface area (Å²) in [6.45, 7) is 0. The molecule has 0 amide bonds. The average Bonchev–Trinajstić information content (AvgIpc) is 2.54. The number of benzene rings is 1. The highest BCUT2D eigenvalue weighted by Crippen LogP contribution is 2.32. The second kappa shape index (κ2) is 3.24. The normalized spacial score (nSPS) is 23.6. The lowest BCUT2D eigenvalue weighted by molar-refractivity contribution is -0.157. The van der Waals surface area contributed by atoms with Crippen LogP contribution in [-0.2, 0) is 17.6 Å². The highest BCUT2D eigenvalue weighted by atomic mass is 16.5. The Kier molecular flexibility index (Phi) is 2.16. The fourth-order valence-corrected chi connectivity index (χ4v) is 1.91. The van der Waals surface area contributed by atoms with Gasteiger partial charge in [0, 0.05) is 12.8 Å². The zero-order valence-electron chi connectivity index (χ0n) is 8.36. The van der Waals surface area contributed by atoms with Gasteiger partial charge in [-0.05, 0) is 23.3 Å². The number of aliphatic hydroxyl groups is 1. The van der Waals surface area contributed by atoms with Gasteiger partial charge in [0.1, 0.15) is 5.75 Å². The molecule has 0 aromatic heterocycles. The number of methoxy groups -OCH3 is 1. The van der Waals surface area contributed by atoms with Gasteiger partial charge in [-0.15, -0.1) is 0 Å². The van der Waals surface area contributed by atoms with Crippen molar-refractivity contribution in [2.45, 2.75) is 18.4 Å². The SMILES string of the molecule is COc1ccc2c(c1)C[C@@](O)(C(=O)O)C2. The number of aliphatic carboxylic acids is 1. The van der Waals surface area contributed by atoms with Crippen LogP contribution in [0.3, 0.4) is 0 Å². The second-order valence-electron chi connectivity index (χ2n) is 3.82. The Morgan fingerprint density at radius 1 is 1.40 bits per heavy atom. The van der Waals surface area contributed by atoms with Crippen molar-refractivity contribution in [2.75, 3.05) is 7.11 Å². The van der Waals surface area contributed by atoms with Gasteiger partial charge in [-0.2, -0.15) is 0 Å². The zero-order valence-corrected chi connectivity index (χ0v) is 8.36. The van der Waals surface area contributed by atoms with Gasteiger partial charge in [0.2, 0.25) is 0 Å². The van der Waals surface area contributed by atoms with Gasteiger partial charge < -0.3 is 14.9 Å². The summed E-state index contributed by atoms with van der Waals surface area (Å²) >= 11 is 0. The first-order valence-electron chi connectivity index (χ1n) is 4.67. The van der Waals surface area contributed by atoms with Crippen LogP contribution in [0.15, 0.2) is 18.2 Å². The van der Waals surface area contributed by atoms with Gasteiger partial charge >= 0.3 is 5.97 Å². The Balaban J connectivity index is 2.35. The molecule has 4 heteroatoms. The standard InChI is InChI=1S/C11H12O4/c1-15-9-3-2-7-5-11(14,10(12)13)6-8(7)4-9/h2-4,14H,5-6H2,1H3,(H,12,13)/t11-/m1/s1. The number of hydrogen-bond acceptors (Lipinski definition) is 3. The third-order valence-corrected chi connectivity index (χ3v) is 2.78. The van der Waals surface area contributed by atoms with E-state index < -0.39 is 11.6 Å². The van der Waals surface area contributed by atoms with Crippen LogP contribution >= 0.6 is 0 Å². The fraction of sp³-hybridized carbons (Fsp3) is 0.364. The van der Waals surface area contributed by atoms with Crippen molar-refractivity contribution in [3.05, 3.63) is 29.3 Å². The predicted molar refractivity (Wildman–Crippen MR) is 53.0 cm³/mol. The van der Waals surface area contributed by atoms with E-state index in [2.05, 4.69) is 0 Å². The quantitative estimate of drug-likeness (QED) is 0.747. The van der Waals surface area contributed by atoms with E-state index in [1.54, 1.807) is 25.3 Å². The molecule has 0 saturated carbocycles. The van der Waals surface area contributed by atoms with Crippen molar-refractivity contribution < 1.29 is 19.7 Å². The maximum absolute atomic E-state index is 10.9. The van der Waals surface area contributed by atoms with Crippen LogP contribution in [0, 0.1) is 0 Å². The van der Waals surface area contributed by atoms with E-state index in [0.29, 0.717) is 5.75 Å². The number of hydrogen-bond donors (Lipinski definition) is 2. The molecule has 0 radical (unpaired) electrons. The van der Waals surface area contributed by atoms with Crippen LogP contribution in [-0.4, -0.2) is 28.9 Å². The van der Waals surface area contributed by atoms with Crippen molar-refractivity contribution in [1.82, 2.24) is 0 Å². The smallest absolute Gasteiger partial charge is 0.336 e. The number of carbonyl (C=O) groups is 1. The fourth-order valence-electron chi connectivity index (χ4n) is 1.91. The van der Waals surface area contributed by atoms with Gasteiger partial charge in [-0.3, -0.25) is 0 Å². The first kappa shape index (κ1) is 9.98. The van der Waals surface area contributed by atoms with Crippen molar-refractivity contribution in [3.63, 3.8) is 0 Å². The largest absolute Gasteiger partial charge is 0.497 e. The lowest BCUT2D eigenvalue weighted by Gasteiger charge is -2.14. The molecular weight excluding hydrogens is 196 g/mol. The summed E-state index contributed by atoms with van der Waals surface area (Å²) in [5.41, 5.74) is 0.0780. The van der Waals surface area contributed by atoms with Gasteiger partial charge in [0.15, 0.2) is 5.60 Å². The minimum absolute atomic E-state index is 0.148. The molecule has 2 N–H and O–H groups in total. The molecule has 0 heterocycles. The molecule has 0 aliphatic heterocycles. The first-order valence-corrected chi connectivity index (χ1v) is 4.67. The molecule has 4 nitrogen and oxygen atoms in total. The van der Waals surface area contributed by atoms with Gasteiger partial charge in [-0.1, -0.05) is 6.07 Å². The van der Waals surface area contributed by atoms with Crippen LogP contribution in [0.5, 0.6) is 5.75 Å². The predicted octanol–water partition coefficient (Wildman–Crippen LogP) is 0.609. The molecule has 1 aliphatic carbocycles. The van der Waals surface area contributed by atoms with Crippen molar-refractivity contribution >= 4 is 5.97 Å². The number of ether oxygens (including phenoxy) is 1. The minimum Gasteiger partial charge on any atom is -0.497 e. The topological polar surface area (TPSA) is 66.8 Å². The summed E-state index contributed by atoms with van der Waals surface area (Å²) in [4.78, 5) is 10.9. The van der Waals surface area contributed by atoms with Crippen LogP contribution in [0.4, 0.5) is 0 Å². The molecule has 0 spiro atoms. The molecule has 80 valence electrons.